The molecule has 0 unspecified atom stereocenters. The van der Waals surface area contributed by atoms with Gasteiger partial charge in [0.2, 0.25) is 0 Å². The standard InChI is InChI=1S/C19H25FN4.HI/c1-2-21-19(24-15-16-9-6-7-12-18(16)20)23-14-8-13-22-17-10-4-3-5-11-17;/h3-7,9-12,22H,2,8,13-15H2,1H3,(H2,21,23,24);1H. The van der Waals surface area contributed by atoms with Crippen LogP contribution in [0.15, 0.2) is 59.6 Å². The second-order valence-corrected chi connectivity index (χ2v) is 5.36. The summed E-state index contributed by atoms with van der Waals surface area (Å²) in [6.07, 6.45) is 0.957. The van der Waals surface area contributed by atoms with Gasteiger partial charge in [-0.05, 0) is 31.5 Å². The van der Waals surface area contributed by atoms with Crippen molar-refractivity contribution in [2.45, 2.75) is 19.9 Å². The lowest BCUT2D eigenvalue weighted by Crippen LogP contribution is -2.38. The first-order valence-corrected chi connectivity index (χ1v) is 8.34. The molecule has 136 valence electrons. The summed E-state index contributed by atoms with van der Waals surface area (Å²) in [6, 6.07) is 16.8. The molecule has 0 amide bonds. The summed E-state index contributed by atoms with van der Waals surface area (Å²) in [5, 5.41) is 9.82. The Morgan fingerprint density at radius 1 is 0.960 bits per heavy atom. The Kier molecular flexibility index (Phi) is 10.6. The lowest BCUT2D eigenvalue weighted by molar-refractivity contribution is 0.610. The van der Waals surface area contributed by atoms with Crippen molar-refractivity contribution >= 4 is 35.6 Å². The highest BCUT2D eigenvalue weighted by molar-refractivity contribution is 14.0. The predicted molar refractivity (Wildman–Crippen MR) is 114 cm³/mol. The fraction of sp³-hybridized carbons (Fsp3) is 0.316. The third-order valence-electron chi connectivity index (χ3n) is 3.46. The molecule has 0 aliphatic carbocycles. The molecule has 0 atom stereocenters. The molecule has 0 aliphatic heterocycles. The van der Waals surface area contributed by atoms with Crippen LogP contribution in [-0.4, -0.2) is 25.6 Å². The topological polar surface area (TPSA) is 48.5 Å². The number of benzene rings is 2. The van der Waals surface area contributed by atoms with Gasteiger partial charge >= 0.3 is 0 Å². The van der Waals surface area contributed by atoms with Crippen molar-refractivity contribution in [2.24, 2.45) is 4.99 Å². The molecule has 0 saturated heterocycles. The van der Waals surface area contributed by atoms with E-state index in [0.29, 0.717) is 18.1 Å². The van der Waals surface area contributed by atoms with Crippen LogP contribution in [0, 0.1) is 5.82 Å². The molecule has 0 bridgehead atoms. The molecule has 2 rings (SSSR count). The van der Waals surface area contributed by atoms with Crippen molar-refractivity contribution in [1.29, 1.82) is 0 Å². The minimum atomic E-state index is -0.218. The number of hydrogen-bond donors (Lipinski definition) is 3. The lowest BCUT2D eigenvalue weighted by atomic mass is 10.2. The minimum Gasteiger partial charge on any atom is -0.385 e. The van der Waals surface area contributed by atoms with E-state index in [1.165, 1.54) is 6.07 Å². The van der Waals surface area contributed by atoms with Crippen molar-refractivity contribution in [3.8, 4) is 0 Å². The van der Waals surface area contributed by atoms with Gasteiger partial charge in [0, 0.05) is 30.9 Å². The van der Waals surface area contributed by atoms with Gasteiger partial charge in [-0.15, -0.1) is 24.0 Å². The summed E-state index contributed by atoms with van der Waals surface area (Å²) in [5.74, 6) is 0.490. The van der Waals surface area contributed by atoms with E-state index in [1.54, 1.807) is 12.1 Å². The molecule has 0 heterocycles. The third kappa shape index (κ3) is 8.20. The smallest absolute Gasteiger partial charge is 0.191 e. The van der Waals surface area contributed by atoms with Gasteiger partial charge in [-0.1, -0.05) is 36.4 Å². The first-order valence-electron chi connectivity index (χ1n) is 8.34. The molecule has 3 N–H and O–H groups in total. The summed E-state index contributed by atoms with van der Waals surface area (Å²) in [6.45, 7) is 4.78. The zero-order chi connectivity index (χ0) is 17.0. The normalized spacial score (nSPS) is 10.7. The van der Waals surface area contributed by atoms with E-state index in [-0.39, 0.29) is 29.8 Å². The van der Waals surface area contributed by atoms with Crippen molar-refractivity contribution in [1.82, 2.24) is 10.6 Å². The van der Waals surface area contributed by atoms with Crippen molar-refractivity contribution in [3.05, 3.63) is 66.0 Å². The van der Waals surface area contributed by atoms with Gasteiger partial charge < -0.3 is 16.0 Å². The van der Waals surface area contributed by atoms with Crippen molar-refractivity contribution < 1.29 is 4.39 Å². The fourth-order valence-electron chi connectivity index (χ4n) is 2.22. The van der Waals surface area contributed by atoms with Crippen LogP contribution in [0.5, 0.6) is 0 Å². The highest BCUT2D eigenvalue weighted by atomic mass is 127. The predicted octanol–water partition coefficient (Wildman–Crippen LogP) is 4.00. The molecule has 2 aromatic carbocycles. The number of hydrogen-bond acceptors (Lipinski definition) is 2. The molecule has 0 saturated carbocycles. The Morgan fingerprint density at radius 2 is 1.68 bits per heavy atom. The van der Waals surface area contributed by atoms with Crippen LogP contribution in [0.3, 0.4) is 0 Å². The quantitative estimate of drug-likeness (QED) is 0.244. The monoisotopic (exact) mass is 456 g/mol. The van der Waals surface area contributed by atoms with Gasteiger partial charge in [0.25, 0.3) is 0 Å². The Balaban J connectivity index is 0.00000312. The van der Waals surface area contributed by atoms with E-state index in [1.807, 2.05) is 43.3 Å². The van der Waals surface area contributed by atoms with Crippen molar-refractivity contribution in [3.63, 3.8) is 0 Å². The largest absolute Gasteiger partial charge is 0.385 e. The van der Waals surface area contributed by atoms with E-state index in [0.717, 1.165) is 31.7 Å². The van der Waals surface area contributed by atoms with Crippen LogP contribution in [0.4, 0.5) is 10.1 Å². The molecular weight excluding hydrogens is 430 g/mol. The van der Waals surface area contributed by atoms with Gasteiger partial charge in [-0.3, -0.25) is 0 Å². The molecule has 4 nitrogen and oxygen atoms in total. The van der Waals surface area contributed by atoms with E-state index in [4.69, 9.17) is 0 Å². The van der Waals surface area contributed by atoms with Crippen LogP contribution in [-0.2, 0) is 6.54 Å². The number of aliphatic imine (C=N–C) groups is 1. The number of para-hydroxylation sites is 1. The summed E-state index contributed by atoms with van der Waals surface area (Å²) in [7, 11) is 0. The maximum absolute atomic E-state index is 13.6. The highest BCUT2D eigenvalue weighted by Gasteiger charge is 2.01. The van der Waals surface area contributed by atoms with Crippen LogP contribution < -0.4 is 16.0 Å². The Bertz CT molecular complexity index is 634. The summed E-state index contributed by atoms with van der Waals surface area (Å²) in [4.78, 5) is 4.43. The van der Waals surface area contributed by atoms with Crippen LogP contribution >= 0.6 is 24.0 Å². The highest BCUT2D eigenvalue weighted by Crippen LogP contribution is 2.07. The molecule has 0 spiro atoms. The molecule has 6 heteroatoms. The first-order chi connectivity index (χ1) is 11.8. The maximum Gasteiger partial charge on any atom is 0.191 e. The third-order valence-corrected chi connectivity index (χ3v) is 3.46. The Morgan fingerprint density at radius 3 is 2.40 bits per heavy atom. The van der Waals surface area contributed by atoms with Crippen LogP contribution in [0.1, 0.15) is 18.9 Å². The van der Waals surface area contributed by atoms with E-state index in [9.17, 15) is 4.39 Å². The van der Waals surface area contributed by atoms with Gasteiger partial charge in [0.1, 0.15) is 5.82 Å². The molecule has 0 aliphatic rings. The summed E-state index contributed by atoms with van der Waals surface area (Å²) >= 11 is 0. The SMILES string of the molecule is CCNC(=NCc1ccccc1F)NCCCNc1ccccc1.I. The van der Waals surface area contributed by atoms with Gasteiger partial charge in [0.15, 0.2) is 5.96 Å². The molecule has 25 heavy (non-hydrogen) atoms. The van der Waals surface area contributed by atoms with Crippen molar-refractivity contribution in [2.75, 3.05) is 25.0 Å². The fourth-order valence-corrected chi connectivity index (χ4v) is 2.22. The molecule has 0 radical (unpaired) electrons. The first kappa shape index (κ1) is 21.2. The average molecular weight is 456 g/mol. The van der Waals surface area contributed by atoms with Crippen LogP contribution in [0.25, 0.3) is 0 Å². The number of halogens is 2. The number of guanidine groups is 1. The number of nitrogens with zero attached hydrogens (tertiary/aromatic N) is 1. The molecule has 0 fully saturated rings. The van der Waals surface area contributed by atoms with Crippen LogP contribution in [0.2, 0.25) is 0 Å². The molecule has 2 aromatic rings. The maximum atomic E-state index is 13.6. The van der Waals surface area contributed by atoms with E-state index < -0.39 is 0 Å². The number of nitrogens with one attached hydrogen (secondary N) is 3. The second-order valence-electron chi connectivity index (χ2n) is 5.36. The minimum absolute atomic E-state index is 0. The average Bonchev–Trinajstić information content (AvgIpc) is 2.61. The zero-order valence-electron chi connectivity index (χ0n) is 14.5. The van der Waals surface area contributed by atoms with Gasteiger partial charge in [-0.25, -0.2) is 9.38 Å². The number of rotatable bonds is 8. The molecule has 0 aromatic heterocycles. The summed E-state index contributed by atoms with van der Waals surface area (Å²) < 4.78 is 13.6. The summed E-state index contributed by atoms with van der Waals surface area (Å²) in [5.41, 5.74) is 1.72. The van der Waals surface area contributed by atoms with E-state index >= 15 is 0 Å². The van der Waals surface area contributed by atoms with Gasteiger partial charge in [-0.2, -0.15) is 0 Å². The second kappa shape index (κ2) is 12.5. The molecular formula is C19H26FIN4. The Labute approximate surface area is 166 Å². The number of anilines is 1. The lowest BCUT2D eigenvalue weighted by Gasteiger charge is -2.12. The van der Waals surface area contributed by atoms with Gasteiger partial charge in [0.05, 0.1) is 6.54 Å². The zero-order valence-corrected chi connectivity index (χ0v) is 16.8. The Hall–Kier alpha value is -1.83. The van der Waals surface area contributed by atoms with E-state index in [2.05, 4.69) is 20.9 Å².